The molecule has 0 aliphatic rings. The minimum atomic E-state index is -0.644. The van der Waals surface area contributed by atoms with Crippen LogP contribution in [0.2, 0.25) is 5.02 Å². The van der Waals surface area contributed by atoms with Gasteiger partial charge in [0.15, 0.2) is 6.61 Å². The van der Waals surface area contributed by atoms with Crippen molar-refractivity contribution in [2.24, 2.45) is 0 Å². The largest absolute Gasteiger partial charge is 0.495 e. The average Bonchev–Trinajstić information content (AvgIpc) is 2.67. The van der Waals surface area contributed by atoms with Crippen molar-refractivity contribution in [3.8, 4) is 5.75 Å². The number of rotatable bonds is 8. The molecule has 2 N–H and O–H groups in total. The molecule has 29 heavy (non-hydrogen) atoms. The molecule has 0 heterocycles. The SMILES string of the molecule is COc1ccc(Cl)cc1NC(=O)COC(=O)CCC(=O)Nc1ccc(C)cc1C. The first-order chi connectivity index (χ1) is 13.8. The first-order valence-electron chi connectivity index (χ1n) is 8.94. The quantitative estimate of drug-likeness (QED) is 0.635. The van der Waals surface area contributed by atoms with Crippen LogP contribution in [0.5, 0.6) is 5.75 Å². The van der Waals surface area contributed by atoms with Gasteiger partial charge in [0.2, 0.25) is 5.91 Å². The molecule has 0 spiro atoms. The molecule has 0 aliphatic heterocycles. The maximum atomic E-state index is 12.0. The molecule has 0 radical (unpaired) electrons. The number of carbonyl (C=O) groups is 3. The lowest BCUT2D eigenvalue weighted by Crippen LogP contribution is -2.22. The number of benzene rings is 2. The molecule has 154 valence electrons. The van der Waals surface area contributed by atoms with Crippen LogP contribution in [0.1, 0.15) is 24.0 Å². The first-order valence-corrected chi connectivity index (χ1v) is 9.32. The van der Waals surface area contributed by atoms with Gasteiger partial charge in [-0.15, -0.1) is 0 Å². The Morgan fingerprint density at radius 1 is 0.931 bits per heavy atom. The topological polar surface area (TPSA) is 93.7 Å². The predicted molar refractivity (Wildman–Crippen MR) is 111 cm³/mol. The van der Waals surface area contributed by atoms with E-state index in [9.17, 15) is 14.4 Å². The fraction of sp³-hybridized carbons (Fsp3) is 0.286. The van der Waals surface area contributed by atoms with Gasteiger partial charge < -0.3 is 20.1 Å². The third kappa shape index (κ3) is 7.12. The Labute approximate surface area is 174 Å². The van der Waals surface area contributed by atoms with E-state index in [0.717, 1.165) is 11.1 Å². The fourth-order valence-corrected chi connectivity index (χ4v) is 2.74. The zero-order valence-corrected chi connectivity index (χ0v) is 17.3. The molecule has 0 aliphatic carbocycles. The standard InChI is InChI=1S/C21H23ClN2O5/c1-13-4-6-16(14(2)10-13)23-19(25)8-9-21(27)29-12-20(26)24-17-11-15(22)5-7-18(17)28-3/h4-7,10-11H,8-9,12H2,1-3H3,(H,23,25)(H,24,26). The molecule has 0 saturated carbocycles. The number of hydrogen-bond acceptors (Lipinski definition) is 5. The van der Waals surface area contributed by atoms with Crippen molar-refractivity contribution < 1.29 is 23.9 Å². The molecule has 0 unspecified atom stereocenters. The van der Waals surface area contributed by atoms with Crippen LogP contribution in [-0.2, 0) is 19.1 Å². The number of halogens is 1. The van der Waals surface area contributed by atoms with E-state index in [1.165, 1.54) is 13.2 Å². The van der Waals surface area contributed by atoms with Crippen molar-refractivity contribution in [2.45, 2.75) is 26.7 Å². The molecular weight excluding hydrogens is 396 g/mol. The Bertz CT molecular complexity index is 914. The normalized spacial score (nSPS) is 10.2. The Hall–Kier alpha value is -3.06. The minimum Gasteiger partial charge on any atom is -0.495 e. The van der Waals surface area contributed by atoms with E-state index in [1.54, 1.807) is 12.1 Å². The van der Waals surface area contributed by atoms with Crippen molar-refractivity contribution in [1.29, 1.82) is 0 Å². The summed E-state index contributed by atoms with van der Waals surface area (Å²) in [6.07, 6.45) is -0.180. The number of anilines is 2. The molecule has 7 nitrogen and oxygen atoms in total. The molecule has 2 aromatic rings. The van der Waals surface area contributed by atoms with Crippen molar-refractivity contribution in [3.05, 3.63) is 52.5 Å². The van der Waals surface area contributed by atoms with Crippen LogP contribution in [0.4, 0.5) is 11.4 Å². The van der Waals surface area contributed by atoms with E-state index in [-0.39, 0.29) is 18.7 Å². The second-order valence-corrected chi connectivity index (χ2v) is 6.86. The molecule has 0 saturated heterocycles. The maximum absolute atomic E-state index is 12.0. The number of amides is 2. The molecule has 0 fully saturated rings. The molecular formula is C21H23ClN2O5. The number of carbonyl (C=O) groups excluding carboxylic acids is 3. The Balaban J connectivity index is 1.76. The molecule has 2 aromatic carbocycles. The predicted octanol–water partition coefficient (Wildman–Crippen LogP) is 3.87. The molecule has 0 aromatic heterocycles. The molecule has 2 rings (SSSR count). The summed E-state index contributed by atoms with van der Waals surface area (Å²) in [6, 6.07) is 10.4. The highest BCUT2D eigenvalue weighted by Gasteiger charge is 2.13. The van der Waals surface area contributed by atoms with Gasteiger partial charge in [0.05, 0.1) is 19.2 Å². The van der Waals surface area contributed by atoms with Gasteiger partial charge in [-0.3, -0.25) is 14.4 Å². The Kier molecular flexibility index (Phi) is 8.03. The third-order valence-electron chi connectivity index (χ3n) is 4.01. The third-order valence-corrected chi connectivity index (χ3v) is 4.25. The summed E-state index contributed by atoms with van der Waals surface area (Å²) < 4.78 is 10.0. The van der Waals surface area contributed by atoms with Crippen LogP contribution in [0, 0.1) is 13.8 Å². The Morgan fingerprint density at radius 3 is 2.34 bits per heavy atom. The van der Waals surface area contributed by atoms with E-state index in [0.29, 0.717) is 22.1 Å². The van der Waals surface area contributed by atoms with Crippen molar-refractivity contribution >= 4 is 40.8 Å². The maximum Gasteiger partial charge on any atom is 0.306 e. The van der Waals surface area contributed by atoms with Crippen LogP contribution in [0.15, 0.2) is 36.4 Å². The number of ether oxygens (including phenoxy) is 2. The molecule has 0 atom stereocenters. The van der Waals surface area contributed by atoms with Crippen molar-refractivity contribution in [1.82, 2.24) is 0 Å². The molecule has 8 heteroatoms. The van der Waals surface area contributed by atoms with Crippen LogP contribution in [0.3, 0.4) is 0 Å². The van der Waals surface area contributed by atoms with Crippen LogP contribution in [-0.4, -0.2) is 31.5 Å². The second kappa shape index (κ2) is 10.5. The highest BCUT2D eigenvalue weighted by molar-refractivity contribution is 6.31. The highest BCUT2D eigenvalue weighted by atomic mass is 35.5. The van der Waals surface area contributed by atoms with Gasteiger partial charge in [0.25, 0.3) is 5.91 Å². The lowest BCUT2D eigenvalue weighted by atomic mass is 10.1. The van der Waals surface area contributed by atoms with E-state index in [1.807, 2.05) is 32.0 Å². The zero-order chi connectivity index (χ0) is 21.4. The number of esters is 1. The van der Waals surface area contributed by atoms with Gasteiger partial charge in [-0.1, -0.05) is 29.3 Å². The Morgan fingerprint density at radius 2 is 1.66 bits per heavy atom. The number of nitrogens with one attached hydrogen (secondary N) is 2. The number of methoxy groups -OCH3 is 1. The summed E-state index contributed by atoms with van der Waals surface area (Å²) in [5, 5.41) is 5.74. The van der Waals surface area contributed by atoms with E-state index >= 15 is 0 Å². The van der Waals surface area contributed by atoms with Crippen LogP contribution >= 0.6 is 11.6 Å². The van der Waals surface area contributed by atoms with E-state index in [4.69, 9.17) is 21.1 Å². The number of hydrogen-bond donors (Lipinski definition) is 2. The smallest absolute Gasteiger partial charge is 0.306 e. The average molecular weight is 419 g/mol. The fourth-order valence-electron chi connectivity index (χ4n) is 2.56. The van der Waals surface area contributed by atoms with Gasteiger partial charge in [-0.25, -0.2) is 0 Å². The van der Waals surface area contributed by atoms with E-state index < -0.39 is 18.5 Å². The summed E-state index contributed by atoms with van der Waals surface area (Å²) >= 11 is 5.90. The van der Waals surface area contributed by atoms with Crippen molar-refractivity contribution in [2.75, 3.05) is 24.4 Å². The molecule has 0 bridgehead atoms. The lowest BCUT2D eigenvalue weighted by Gasteiger charge is -2.11. The van der Waals surface area contributed by atoms with Gasteiger partial charge in [-0.2, -0.15) is 0 Å². The first kappa shape index (κ1) is 22.2. The summed E-state index contributed by atoms with van der Waals surface area (Å²) in [4.78, 5) is 35.8. The highest BCUT2D eigenvalue weighted by Crippen LogP contribution is 2.27. The summed E-state index contributed by atoms with van der Waals surface area (Å²) in [5.74, 6) is -1.06. The summed E-state index contributed by atoms with van der Waals surface area (Å²) in [7, 11) is 1.46. The number of aryl methyl sites for hydroxylation is 2. The minimum absolute atomic E-state index is 0.0457. The van der Waals surface area contributed by atoms with Crippen molar-refractivity contribution in [3.63, 3.8) is 0 Å². The monoisotopic (exact) mass is 418 g/mol. The zero-order valence-electron chi connectivity index (χ0n) is 16.5. The summed E-state index contributed by atoms with van der Waals surface area (Å²) in [6.45, 7) is 3.38. The van der Waals surface area contributed by atoms with Crippen LogP contribution < -0.4 is 15.4 Å². The lowest BCUT2D eigenvalue weighted by molar-refractivity contribution is -0.147. The van der Waals surface area contributed by atoms with E-state index in [2.05, 4.69) is 10.6 Å². The van der Waals surface area contributed by atoms with Gasteiger partial charge >= 0.3 is 5.97 Å². The summed E-state index contributed by atoms with van der Waals surface area (Å²) in [5.41, 5.74) is 3.10. The second-order valence-electron chi connectivity index (χ2n) is 6.42. The van der Waals surface area contributed by atoms with Gasteiger partial charge in [0.1, 0.15) is 5.75 Å². The van der Waals surface area contributed by atoms with Crippen LogP contribution in [0.25, 0.3) is 0 Å². The van der Waals surface area contributed by atoms with Gasteiger partial charge in [-0.05, 0) is 43.7 Å². The van der Waals surface area contributed by atoms with Gasteiger partial charge in [0, 0.05) is 17.1 Å². The molecule has 2 amide bonds.